The smallest absolute Gasteiger partial charge is 0.265 e. The summed E-state index contributed by atoms with van der Waals surface area (Å²) in [7, 11) is -1.72. The minimum absolute atomic E-state index is 0.299. The van der Waals surface area contributed by atoms with Crippen molar-refractivity contribution in [2.75, 3.05) is 11.8 Å². The van der Waals surface area contributed by atoms with Crippen molar-refractivity contribution in [3.05, 3.63) is 29.0 Å². The summed E-state index contributed by atoms with van der Waals surface area (Å²) in [4.78, 5) is 5.32. The van der Waals surface area contributed by atoms with Gasteiger partial charge in [-0.3, -0.25) is 4.72 Å². The van der Waals surface area contributed by atoms with Gasteiger partial charge in [-0.2, -0.15) is 0 Å². The molecule has 0 amide bonds. The molecule has 2 N–H and O–H groups in total. The van der Waals surface area contributed by atoms with Crippen molar-refractivity contribution in [2.45, 2.75) is 37.2 Å². The van der Waals surface area contributed by atoms with E-state index in [2.05, 4.69) is 19.6 Å². The van der Waals surface area contributed by atoms with Crippen LogP contribution in [-0.4, -0.2) is 25.0 Å². The average Bonchev–Trinajstić information content (AvgIpc) is 3.05. The van der Waals surface area contributed by atoms with Gasteiger partial charge in [0.1, 0.15) is 4.90 Å². The van der Waals surface area contributed by atoms with Gasteiger partial charge >= 0.3 is 0 Å². The molecule has 0 spiro atoms. The zero-order valence-corrected chi connectivity index (χ0v) is 13.6. The Hall–Kier alpha value is -1.38. The van der Waals surface area contributed by atoms with E-state index >= 15 is 0 Å². The Morgan fingerprint density at radius 3 is 2.81 bits per heavy atom. The van der Waals surface area contributed by atoms with Crippen LogP contribution in [0.2, 0.25) is 0 Å². The molecule has 0 radical (unpaired) electrons. The van der Waals surface area contributed by atoms with E-state index in [1.807, 2.05) is 14.0 Å². The highest BCUT2D eigenvalue weighted by Gasteiger charge is 2.28. The molecule has 0 unspecified atom stereocenters. The molecule has 0 bridgehead atoms. The van der Waals surface area contributed by atoms with Gasteiger partial charge < -0.3 is 9.88 Å². The van der Waals surface area contributed by atoms with Gasteiger partial charge in [-0.05, 0) is 32.9 Å². The van der Waals surface area contributed by atoms with E-state index in [0.29, 0.717) is 22.6 Å². The number of aryl methyl sites for hydroxylation is 1. The molecule has 0 aromatic carbocycles. The van der Waals surface area contributed by atoms with E-state index < -0.39 is 10.0 Å². The maximum Gasteiger partial charge on any atom is 0.265 e. The Balaban J connectivity index is 1.89. The second-order valence-corrected chi connectivity index (χ2v) is 8.13. The Kier molecular flexibility index (Phi) is 3.76. The van der Waals surface area contributed by atoms with Crippen LogP contribution in [0.4, 0.5) is 5.13 Å². The molecule has 1 fully saturated rings. The van der Waals surface area contributed by atoms with Crippen LogP contribution in [0.5, 0.6) is 0 Å². The van der Waals surface area contributed by atoms with Crippen LogP contribution >= 0.6 is 11.3 Å². The van der Waals surface area contributed by atoms with Gasteiger partial charge in [0.15, 0.2) is 5.13 Å². The number of rotatable bonds is 6. The van der Waals surface area contributed by atoms with Crippen molar-refractivity contribution in [3.63, 3.8) is 0 Å². The first-order chi connectivity index (χ1) is 9.99. The van der Waals surface area contributed by atoms with Crippen LogP contribution in [0.15, 0.2) is 23.4 Å². The summed E-state index contributed by atoms with van der Waals surface area (Å²) < 4.78 is 29.5. The number of thiazole rings is 1. The van der Waals surface area contributed by atoms with E-state index in [1.54, 1.807) is 18.5 Å². The molecular formula is C13H18N4O2S2. The molecule has 0 saturated heterocycles. The van der Waals surface area contributed by atoms with Crippen LogP contribution in [0.3, 0.4) is 0 Å². The number of hydrogen-bond donors (Lipinski definition) is 2. The van der Waals surface area contributed by atoms with E-state index in [0.717, 1.165) is 23.4 Å². The molecule has 2 aromatic heterocycles. The van der Waals surface area contributed by atoms with Gasteiger partial charge in [-0.1, -0.05) is 0 Å². The molecule has 1 saturated carbocycles. The van der Waals surface area contributed by atoms with Gasteiger partial charge in [0.05, 0.1) is 0 Å². The Labute approximate surface area is 128 Å². The molecular weight excluding hydrogens is 308 g/mol. The van der Waals surface area contributed by atoms with Crippen molar-refractivity contribution in [2.24, 2.45) is 0 Å². The monoisotopic (exact) mass is 326 g/mol. The molecule has 1 aliphatic carbocycles. The van der Waals surface area contributed by atoms with Gasteiger partial charge in [-0.25, -0.2) is 13.4 Å². The molecule has 2 aromatic rings. The summed E-state index contributed by atoms with van der Waals surface area (Å²) in [5.41, 5.74) is 0.996. The van der Waals surface area contributed by atoms with E-state index in [9.17, 15) is 8.42 Å². The summed E-state index contributed by atoms with van der Waals surface area (Å²) in [5.74, 6) is 0. The maximum absolute atomic E-state index is 12.4. The fourth-order valence-corrected chi connectivity index (χ4v) is 4.19. The molecule has 114 valence electrons. The first-order valence-corrected chi connectivity index (χ1v) is 9.10. The molecule has 8 heteroatoms. The van der Waals surface area contributed by atoms with Crippen molar-refractivity contribution in [1.29, 1.82) is 0 Å². The second kappa shape index (κ2) is 5.43. The summed E-state index contributed by atoms with van der Waals surface area (Å²) in [6, 6.07) is 2.18. The summed E-state index contributed by atoms with van der Waals surface area (Å²) in [5, 5.41) is 3.48. The van der Waals surface area contributed by atoms with Crippen LogP contribution < -0.4 is 10.0 Å². The van der Waals surface area contributed by atoms with E-state index in [1.165, 1.54) is 11.3 Å². The number of aromatic nitrogens is 2. The van der Waals surface area contributed by atoms with Gasteiger partial charge in [0.2, 0.25) is 0 Å². The topological polar surface area (TPSA) is 76.0 Å². The fourth-order valence-electron chi connectivity index (χ4n) is 2.23. The molecule has 0 aliphatic heterocycles. The maximum atomic E-state index is 12.4. The lowest BCUT2D eigenvalue weighted by Gasteiger charge is -2.05. The Morgan fingerprint density at radius 2 is 2.24 bits per heavy atom. The highest BCUT2D eigenvalue weighted by atomic mass is 32.2. The van der Waals surface area contributed by atoms with Crippen LogP contribution in [0.1, 0.15) is 29.5 Å². The van der Waals surface area contributed by atoms with Crippen molar-refractivity contribution < 1.29 is 8.42 Å². The third-order valence-electron chi connectivity index (χ3n) is 3.36. The molecule has 21 heavy (non-hydrogen) atoms. The molecule has 2 heterocycles. The lowest BCUT2D eigenvalue weighted by molar-refractivity contribution is 0.600. The van der Waals surface area contributed by atoms with Gasteiger partial charge in [0.25, 0.3) is 10.0 Å². The lowest BCUT2D eigenvalue weighted by atomic mass is 10.4. The minimum Gasteiger partial charge on any atom is -0.346 e. The third kappa shape index (κ3) is 3.12. The van der Waals surface area contributed by atoms with Crippen LogP contribution in [0, 0.1) is 6.92 Å². The Bertz CT molecular complexity index is 744. The molecule has 3 rings (SSSR count). The zero-order chi connectivity index (χ0) is 15.0. The summed E-state index contributed by atoms with van der Waals surface area (Å²) >= 11 is 1.33. The van der Waals surface area contributed by atoms with E-state index in [4.69, 9.17) is 0 Å². The van der Waals surface area contributed by atoms with Gasteiger partial charge in [-0.15, -0.1) is 11.3 Å². The number of sulfonamides is 1. The molecule has 6 nitrogen and oxygen atoms in total. The van der Waals surface area contributed by atoms with Crippen LogP contribution in [-0.2, 0) is 16.6 Å². The number of anilines is 1. The first kappa shape index (κ1) is 14.6. The fraction of sp³-hybridized carbons (Fsp3) is 0.462. The second-order valence-electron chi connectivity index (χ2n) is 5.22. The highest BCUT2D eigenvalue weighted by Crippen LogP contribution is 2.37. The SMILES string of the molecule is CNCc1cc(S(=O)(=O)Nc2ncc(C)s2)cn1C1CC1. The van der Waals surface area contributed by atoms with Crippen molar-refractivity contribution in [1.82, 2.24) is 14.9 Å². The van der Waals surface area contributed by atoms with Crippen molar-refractivity contribution in [3.8, 4) is 0 Å². The summed E-state index contributed by atoms with van der Waals surface area (Å²) in [6.45, 7) is 2.55. The molecule has 0 atom stereocenters. The third-order valence-corrected chi connectivity index (χ3v) is 5.62. The van der Waals surface area contributed by atoms with Gasteiger partial charge in [0, 0.05) is 35.6 Å². The quantitative estimate of drug-likeness (QED) is 0.852. The number of nitrogens with one attached hydrogen (secondary N) is 2. The van der Waals surface area contributed by atoms with E-state index in [-0.39, 0.29) is 0 Å². The normalized spacial score (nSPS) is 15.3. The standard InChI is InChI=1S/C13H18N4O2S2/c1-9-6-15-13(20-9)16-21(18,19)12-5-11(7-14-2)17(8-12)10-3-4-10/h5-6,8,10,14H,3-4,7H2,1-2H3,(H,15,16). The largest absolute Gasteiger partial charge is 0.346 e. The number of nitrogens with zero attached hydrogens (tertiary/aromatic N) is 2. The zero-order valence-electron chi connectivity index (χ0n) is 12.0. The number of hydrogen-bond acceptors (Lipinski definition) is 5. The lowest BCUT2D eigenvalue weighted by Crippen LogP contribution is -2.12. The average molecular weight is 326 g/mol. The highest BCUT2D eigenvalue weighted by molar-refractivity contribution is 7.93. The minimum atomic E-state index is -3.58. The Morgan fingerprint density at radius 1 is 1.48 bits per heavy atom. The predicted octanol–water partition coefficient (Wildman–Crippen LogP) is 2.11. The summed E-state index contributed by atoms with van der Waals surface area (Å²) in [6.07, 6.45) is 5.62. The first-order valence-electron chi connectivity index (χ1n) is 6.80. The predicted molar refractivity (Wildman–Crippen MR) is 83.1 cm³/mol. The van der Waals surface area contributed by atoms with Crippen LogP contribution in [0.25, 0.3) is 0 Å². The van der Waals surface area contributed by atoms with Crippen molar-refractivity contribution >= 4 is 26.5 Å². The molecule has 1 aliphatic rings.